The number of nitrogens with one attached hydrogen (secondary N) is 1. The van der Waals surface area contributed by atoms with Crippen molar-refractivity contribution in [3.8, 4) is 0 Å². The Balaban J connectivity index is 2.21. The maximum atomic E-state index is 11.8. The van der Waals surface area contributed by atoms with Crippen LogP contribution in [0.1, 0.15) is 0 Å². The normalized spacial score (nSPS) is 11.7. The van der Waals surface area contributed by atoms with Crippen LogP contribution in [0.3, 0.4) is 0 Å². The molecule has 0 aliphatic rings. The quantitative estimate of drug-likeness (QED) is 0.896. The van der Waals surface area contributed by atoms with Crippen molar-refractivity contribution in [1.82, 2.24) is 14.0 Å². The molecule has 2 rings (SSSR count). The largest absolute Gasteiger partial charge is 0.278 e. The Labute approximate surface area is 106 Å². The lowest BCUT2D eigenvalue weighted by Crippen LogP contribution is -2.22. The van der Waals surface area contributed by atoms with Crippen molar-refractivity contribution < 1.29 is 8.42 Å². The molecule has 0 atom stereocenters. The van der Waals surface area contributed by atoms with Gasteiger partial charge in [-0.05, 0) is 24.3 Å². The standard InChI is InChI=1S/C11H14N4O2S/c1-14(2)18(16,17)10-5-6-11(12-9-10)13-15-7-3-4-8-15/h3-9H,1-2H3,(H,12,13). The minimum Gasteiger partial charge on any atom is -0.278 e. The van der Waals surface area contributed by atoms with E-state index in [0.717, 1.165) is 4.31 Å². The van der Waals surface area contributed by atoms with Gasteiger partial charge in [-0.1, -0.05) is 0 Å². The molecule has 0 aliphatic heterocycles. The zero-order valence-corrected chi connectivity index (χ0v) is 10.9. The highest BCUT2D eigenvalue weighted by molar-refractivity contribution is 7.89. The van der Waals surface area contributed by atoms with Crippen molar-refractivity contribution in [2.24, 2.45) is 0 Å². The van der Waals surface area contributed by atoms with Gasteiger partial charge < -0.3 is 0 Å². The van der Waals surface area contributed by atoms with E-state index in [1.54, 1.807) is 10.7 Å². The first-order chi connectivity index (χ1) is 8.50. The van der Waals surface area contributed by atoms with E-state index < -0.39 is 10.0 Å². The molecule has 0 aromatic carbocycles. The van der Waals surface area contributed by atoms with Gasteiger partial charge in [0.1, 0.15) is 10.7 Å². The third-order valence-corrected chi connectivity index (χ3v) is 4.16. The van der Waals surface area contributed by atoms with Crippen LogP contribution >= 0.6 is 0 Å². The molecule has 1 N–H and O–H groups in total. The second-order valence-corrected chi connectivity index (χ2v) is 6.02. The average molecular weight is 266 g/mol. The van der Waals surface area contributed by atoms with E-state index in [0.29, 0.717) is 5.82 Å². The van der Waals surface area contributed by atoms with Crippen molar-refractivity contribution in [1.29, 1.82) is 0 Å². The van der Waals surface area contributed by atoms with Crippen LogP contribution in [-0.4, -0.2) is 36.5 Å². The SMILES string of the molecule is CN(C)S(=O)(=O)c1ccc(Nn2cccc2)nc1. The number of sulfonamides is 1. The summed E-state index contributed by atoms with van der Waals surface area (Å²) in [6, 6.07) is 6.89. The van der Waals surface area contributed by atoms with E-state index in [-0.39, 0.29) is 4.90 Å². The molecule has 18 heavy (non-hydrogen) atoms. The molecule has 6 nitrogen and oxygen atoms in total. The molecule has 96 valence electrons. The molecule has 0 fully saturated rings. The van der Waals surface area contributed by atoms with Gasteiger partial charge in [-0.15, -0.1) is 0 Å². The Kier molecular flexibility index (Phi) is 3.35. The van der Waals surface area contributed by atoms with Crippen LogP contribution in [-0.2, 0) is 10.0 Å². The van der Waals surface area contributed by atoms with E-state index in [4.69, 9.17) is 0 Å². The summed E-state index contributed by atoms with van der Waals surface area (Å²) in [5.41, 5.74) is 2.99. The highest BCUT2D eigenvalue weighted by Gasteiger charge is 2.17. The van der Waals surface area contributed by atoms with Crippen LogP contribution in [0, 0.1) is 0 Å². The Morgan fingerprint density at radius 2 is 1.89 bits per heavy atom. The summed E-state index contributed by atoms with van der Waals surface area (Å²) in [6.45, 7) is 0. The Morgan fingerprint density at radius 3 is 2.39 bits per heavy atom. The zero-order valence-electron chi connectivity index (χ0n) is 10.1. The molecule has 2 heterocycles. The van der Waals surface area contributed by atoms with Crippen LogP contribution < -0.4 is 5.43 Å². The van der Waals surface area contributed by atoms with Crippen LogP contribution in [0.4, 0.5) is 5.82 Å². The van der Waals surface area contributed by atoms with Gasteiger partial charge >= 0.3 is 0 Å². The predicted octanol–water partition coefficient (Wildman–Crippen LogP) is 1.01. The molecule has 0 spiro atoms. The summed E-state index contributed by atoms with van der Waals surface area (Å²) in [7, 11) is -0.445. The summed E-state index contributed by atoms with van der Waals surface area (Å²) in [5.74, 6) is 0.573. The van der Waals surface area contributed by atoms with E-state index in [2.05, 4.69) is 10.4 Å². The van der Waals surface area contributed by atoms with E-state index >= 15 is 0 Å². The van der Waals surface area contributed by atoms with Crippen molar-refractivity contribution >= 4 is 15.8 Å². The first-order valence-electron chi connectivity index (χ1n) is 5.29. The monoisotopic (exact) mass is 266 g/mol. The zero-order chi connectivity index (χ0) is 13.2. The van der Waals surface area contributed by atoms with Crippen molar-refractivity contribution in [2.45, 2.75) is 4.90 Å². The van der Waals surface area contributed by atoms with Gasteiger partial charge in [-0.2, -0.15) is 0 Å². The van der Waals surface area contributed by atoms with Gasteiger partial charge in [0, 0.05) is 32.7 Å². The molecule has 2 aromatic heterocycles. The highest BCUT2D eigenvalue weighted by atomic mass is 32.2. The van der Waals surface area contributed by atoms with Crippen LogP contribution in [0.15, 0.2) is 47.8 Å². The molecule has 7 heteroatoms. The Hall–Kier alpha value is -1.86. The fourth-order valence-electron chi connectivity index (χ4n) is 1.35. The molecule has 0 amide bonds. The lowest BCUT2D eigenvalue weighted by atomic mass is 10.5. The molecular formula is C11H14N4O2S. The topological polar surface area (TPSA) is 67.2 Å². The first-order valence-corrected chi connectivity index (χ1v) is 6.73. The van der Waals surface area contributed by atoms with Crippen LogP contribution in [0.25, 0.3) is 0 Å². The summed E-state index contributed by atoms with van der Waals surface area (Å²) >= 11 is 0. The number of pyridine rings is 1. The third-order valence-electron chi connectivity index (χ3n) is 2.36. The fourth-order valence-corrected chi connectivity index (χ4v) is 2.20. The molecule has 0 aliphatic carbocycles. The number of anilines is 1. The van der Waals surface area contributed by atoms with Crippen LogP contribution in [0.5, 0.6) is 0 Å². The minimum absolute atomic E-state index is 0.172. The maximum absolute atomic E-state index is 11.8. The van der Waals surface area contributed by atoms with E-state index in [1.807, 2.05) is 24.5 Å². The van der Waals surface area contributed by atoms with Gasteiger partial charge in [-0.3, -0.25) is 10.1 Å². The molecule has 0 unspecified atom stereocenters. The second-order valence-electron chi connectivity index (χ2n) is 3.87. The summed E-state index contributed by atoms with van der Waals surface area (Å²) < 4.78 is 26.5. The highest BCUT2D eigenvalue weighted by Crippen LogP contribution is 2.13. The molecule has 0 bridgehead atoms. The minimum atomic E-state index is -3.42. The van der Waals surface area contributed by atoms with Gasteiger partial charge in [0.05, 0.1) is 0 Å². The number of hydrogen-bond acceptors (Lipinski definition) is 4. The Morgan fingerprint density at radius 1 is 1.22 bits per heavy atom. The maximum Gasteiger partial charge on any atom is 0.244 e. The molecule has 0 saturated heterocycles. The molecule has 0 saturated carbocycles. The lowest BCUT2D eigenvalue weighted by Gasteiger charge is -2.11. The third kappa shape index (κ3) is 2.52. The lowest BCUT2D eigenvalue weighted by molar-refractivity contribution is 0.520. The fraction of sp³-hybridized carbons (Fsp3) is 0.182. The Bertz CT molecular complexity index is 603. The number of nitrogens with zero attached hydrogens (tertiary/aromatic N) is 3. The van der Waals surface area contributed by atoms with Gasteiger partial charge in [0.25, 0.3) is 0 Å². The molecule has 2 aromatic rings. The first kappa shape index (κ1) is 12.6. The van der Waals surface area contributed by atoms with Gasteiger partial charge in [0.2, 0.25) is 10.0 Å². The smallest absolute Gasteiger partial charge is 0.244 e. The van der Waals surface area contributed by atoms with E-state index in [1.165, 1.54) is 26.4 Å². The number of hydrogen-bond donors (Lipinski definition) is 1. The van der Waals surface area contributed by atoms with Crippen molar-refractivity contribution in [3.05, 3.63) is 42.9 Å². The van der Waals surface area contributed by atoms with Crippen molar-refractivity contribution in [3.63, 3.8) is 0 Å². The number of aromatic nitrogens is 2. The van der Waals surface area contributed by atoms with E-state index in [9.17, 15) is 8.42 Å². The predicted molar refractivity (Wildman–Crippen MR) is 68.6 cm³/mol. The van der Waals surface area contributed by atoms with Gasteiger partial charge in [-0.25, -0.2) is 17.7 Å². The van der Waals surface area contributed by atoms with Gasteiger partial charge in [0.15, 0.2) is 0 Å². The second kappa shape index (κ2) is 4.79. The summed E-state index contributed by atoms with van der Waals surface area (Å²) in [6.07, 6.45) is 4.99. The summed E-state index contributed by atoms with van der Waals surface area (Å²) in [4.78, 5) is 4.24. The molecule has 0 radical (unpaired) electrons. The van der Waals surface area contributed by atoms with Crippen molar-refractivity contribution in [2.75, 3.05) is 19.5 Å². The van der Waals surface area contributed by atoms with Crippen LogP contribution in [0.2, 0.25) is 0 Å². The molecular weight excluding hydrogens is 252 g/mol. The summed E-state index contributed by atoms with van der Waals surface area (Å²) in [5, 5.41) is 0. The average Bonchev–Trinajstić information content (AvgIpc) is 2.82. The number of rotatable bonds is 4.